The van der Waals surface area contributed by atoms with Gasteiger partial charge in [-0.25, -0.2) is 10.4 Å². The van der Waals surface area contributed by atoms with E-state index in [2.05, 4.69) is 15.7 Å². The molecule has 0 aromatic carbocycles. The molecule has 3 aliphatic rings. The number of hydrogen-bond acceptors (Lipinski definition) is 7. The van der Waals surface area contributed by atoms with Gasteiger partial charge >= 0.3 is 12.4 Å². The first kappa shape index (κ1) is 27.4. The van der Waals surface area contributed by atoms with Crippen LogP contribution in [0.5, 0.6) is 0 Å². The fourth-order valence-electron chi connectivity index (χ4n) is 4.81. The molecule has 206 valence electrons. The molecule has 3 fully saturated rings. The summed E-state index contributed by atoms with van der Waals surface area (Å²) in [5.74, 6) is -3.01. The van der Waals surface area contributed by atoms with Gasteiger partial charge in [0.25, 0.3) is 0 Å². The molecular formula is C22H28F6N6O3. The van der Waals surface area contributed by atoms with Gasteiger partial charge in [0.05, 0.1) is 24.2 Å². The van der Waals surface area contributed by atoms with E-state index in [1.54, 1.807) is 4.90 Å². The molecule has 3 N–H and O–H groups in total. The smallest absolute Gasteiger partial charge is 0.373 e. The first-order valence-electron chi connectivity index (χ1n) is 12.0. The van der Waals surface area contributed by atoms with Crippen LogP contribution in [0.3, 0.4) is 0 Å². The summed E-state index contributed by atoms with van der Waals surface area (Å²) in [5.41, 5.74) is 3.63. The van der Waals surface area contributed by atoms with Gasteiger partial charge < -0.3 is 19.9 Å². The van der Waals surface area contributed by atoms with E-state index in [1.165, 1.54) is 6.07 Å². The highest BCUT2D eigenvalue weighted by Crippen LogP contribution is 2.31. The Kier molecular flexibility index (Phi) is 8.14. The second-order valence-electron chi connectivity index (χ2n) is 9.34. The van der Waals surface area contributed by atoms with Crippen molar-refractivity contribution in [3.8, 4) is 0 Å². The largest absolute Gasteiger partial charge is 0.417 e. The van der Waals surface area contributed by atoms with Crippen LogP contribution in [0.4, 0.5) is 32.2 Å². The molecule has 15 heteroatoms. The van der Waals surface area contributed by atoms with Crippen molar-refractivity contribution < 1.29 is 40.7 Å². The van der Waals surface area contributed by atoms with Gasteiger partial charge in [0, 0.05) is 51.5 Å². The van der Waals surface area contributed by atoms with E-state index in [1.807, 2.05) is 10.3 Å². The summed E-state index contributed by atoms with van der Waals surface area (Å²) in [6, 6.07) is 1.16. The van der Waals surface area contributed by atoms with E-state index in [0.29, 0.717) is 44.8 Å². The summed E-state index contributed by atoms with van der Waals surface area (Å²) in [4.78, 5) is 31.8. The van der Waals surface area contributed by atoms with E-state index in [0.717, 1.165) is 12.3 Å². The number of alkyl halides is 6. The Morgan fingerprint density at radius 3 is 2.41 bits per heavy atom. The molecule has 3 saturated heterocycles. The molecule has 4 heterocycles. The third-order valence-corrected chi connectivity index (χ3v) is 6.81. The summed E-state index contributed by atoms with van der Waals surface area (Å²) >= 11 is 0. The molecule has 1 aromatic rings. The highest BCUT2D eigenvalue weighted by molar-refractivity contribution is 5.80. The zero-order chi connectivity index (χ0) is 26.8. The van der Waals surface area contributed by atoms with Gasteiger partial charge in [-0.1, -0.05) is 0 Å². The number of hydrazine groups is 1. The normalized spacial score (nSPS) is 27.4. The number of carbonyl (C=O) groups is 2. The first-order valence-corrected chi connectivity index (χ1v) is 12.0. The molecule has 2 unspecified atom stereocenters. The third-order valence-electron chi connectivity index (χ3n) is 6.81. The number of hydrogen-bond donors (Lipinski definition) is 3. The van der Waals surface area contributed by atoms with Crippen molar-refractivity contribution in [3.63, 3.8) is 0 Å². The second-order valence-corrected chi connectivity index (χ2v) is 9.34. The molecule has 2 amide bonds. The number of rotatable bonds is 6. The summed E-state index contributed by atoms with van der Waals surface area (Å²) in [7, 11) is 0. The van der Waals surface area contributed by atoms with Gasteiger partial charge in [0.15, 0.2) is 5.92 Å². The molecule has 4 rings (SSSR count). The average molecular weight is 538 g/mol. The molecule has 0 aliphatic carbocycles. The Morgan fingerprint density at radius 1 is 1.08 bits per heavy atom. The second kappa shape index (κ2) is 11.0. The molecule has 4 atom stereocenters. The molecule has 0 bridgehead atoms. The summed E-state index contributed by atoms with van der Waals surface area (Å²) in [5, 5.41) is 2.78. The van der Waals surface area contributed by atoms with Crippen LogP contribution in [0.15, 0.2) is 18.3 Å². The predicted molar refractivity (Wildman–Crippen MR) is 118 cm³/mol. The fourth-order valence-corrected chi connectivity index (χ4v) is 4.81. The number of halogens is 6. The Bertz CT molecular complexity index is 952. The van der Waals surface area contributed by atoms with Crippen LogP contribution in [0, 0.1) is 5.92 Å². The number of amides is 2. The standard InChI is InChI=1S/C22H28F6N6O3/c23-21(24,25)13-1-4-17(30-10-13)33-5-7-34(8-6-33)18(35)9-14-2-3-15(37-14)11-29-16-12-31-32-20(36)19(16)22(26,27)28/h1,4,10,14-16,19,29,31H,2-3,5-9,11-12H2,(H,32,36)/t14-,15+,16?,19?/m1/s1. The molecule has 3 aliphatic heterocycles. The SMILES string of the molecule is O=C1NNCC(NC[C@@H]2CC[C@H](CC(=O)N3CCN(c4ccc(C(F)(F)F)cn4)CC3)O2)C1C(F)(F)F. The highest BCUT2D eigenvalue weighted by Gasteiger charge is 2.51. The average Bonchev–Trinajstić information content (AvgIpc) is 3.28. The lowest BCUT2D eigenvalue weighted by molar-refractivity contribution is -0.193. The maximum absolute atomic E-state index is 13.3. The number of nitrogens with one attached hydrogen (secondary N) is 3. The topological polar surface area (TPSA) is 98.8 Å². The number of aromatic nitrogens is 1. The van der Waals surface area contributed by atoms with Crippen molar-refractivity contribution in [1.82, 2.24) is 26.1 Å². The van der Waals surface area contributed by atoms with Crippen molar-refractivity contribution in [2.75, 3.05) is 44.2 Å². The summed E-state index contributed by atoms with van der Waals surface area (Å²) in [6.07, 6.45) is -7.79. The van der Waals surface area contributed by atoms with Crippen LogP contribution in [0.1, 0.15) is 24.8 Å². The molecule has 0 radical (unpaired) electrons. The summed E-state index contributed by atoms with van der Waals surface area (Å²) < 4.78 is 83.8. The number of nitrogens with zero attached hydrogens (tertiary/aromatic N) is 3. The molecule has 0 spiro atoms. The number of anilines is 1. The van der Waals surface area contributed by atoms with Gasteiger partial charge in [0.2, 0.25) is 11.8 Å². The zero-order valence-corrected chi connectivity index (χ0v) is 19.7. The van der Waals surface area contributed by atoms with Crippen LogP contribution in [-0.2, 0) is 20.5 Å². The van der Waals surface area contributed by atoms with E-state index in [-0.39, 0.29) is 37.6 Å². The maximum Gasteiger partial charge on any atom is 0.417 e. The van der Waals surface area contributed by atoms with Gasteiger partial charge in [-0.3, -0.25) is 15.0 Å². The minimum atomic E-state index is -4.68. The minimum Gasteiger partial charge on any atom is -0.373 e. The van der Waals surface area contributed by atoms with Crippen LogP contribution >= 0.6 is 0 Å². The van der Waals surface area contributed by atoms with Gasteiger partial charge in [0.1, 0.15) is 5.82 Å². The number of carbonyl (C=O) groups excluding carboxylic acids is 2. The van der Waals surface area contributed by atoms with Crippen molar-refractivity contribution >= 4 is 17.6 Å². The van der Waals surface area contributed by atoms with Crippen molar-refractivity contribution in [2.24, 2.45) is 5.92 Å². The van der Waals surface area contributed by atoms with Crippen LogP contribution in [0.2, 0.25) is 0 Å². The maximum atomic E-state index is 13.3. The highest BCUT2D eigenvalue weighted by atomic mass is 19.4. The van der Waals surface area contributed by atoms with Crippen LogP contribution in [-0.4, -0.2) is 85.4 Å². The Balaban J connectivity index is 1.20. The molecule has 37 heavy (non-hydrogen) atoms. The van der Waals surface area contributed by atoms with Gasteiger partial charge in [-0.05, 0) is 25.0 Å². The Morgan fingerprint density at radius 2 is 1.78 bits per heavy atom. The quantitative estimate of drug-likeness (QED) is 0.472. The van der Waals surface area contributed by atoms with Gasteiger partial charge in [-0.15, -0.1) is 0 Å². The monoisotopic (exact) mass is 538 g/mol. The number of pyridine rings is 1. The van der Waals surface area contributed by atoms with E-state index in [9.17, 15) is 35.9 Å². The van der Waals surface area contributed by atoms with Gasteiger partial charge in [-0.2, -0.15) is 26.3 Å². The Hall–Kier alpha value is -2.65. The molecular weight excluding hydrogens is 510 g/mol. The predicted octanol–water partition coefficient (Wildman–Crippen LogP) is 1.46. The minimum absolute atomic E-state index is 0.0848. The van der Waals surface area contributed by atoms with Crippen molar-refractivity contribution in [2.45, 2.75) is 49.9 Å². The lowest BCUT2D eigenvalue weighted by Crippen LogP contribution is -2.64. The van der Waals surface area contributed by atoms with Crippen LogP contribution in [0.25, 0.3) is 0 Å². The molecule has 0 saturated carbocycles. The van der Waals surface area contributed by atoms with E-state index < -0.39 is 35.8 Å². The zero-order valence-electron chi connectivity index (χ0n) is 19.7. The summed E-state index contributed by atoms with van der Waals surface area (Å²) in [6.45, 7) is 1.65. The number of ether oxygens (including phenoxy) is 1. The lowest BCUT2D eigenvalue weighted by atomic mass is 9.96. The van der Waals surface area contributed by atoms with Crippen molar-refractivity contribution in [1.29, 1.82) is 0 Å². The Labute approximate surface area is 208 Å². The van der Waals surface area contributed by atoms with E-state index >= 15 is 0 Å². The first-order chi connectivity index (χ1) is 17.4. The number of piperazine rings is 1. The third kappa shape index (κ3) is 6.82. The van der Waals surface area contributed by atoms with Crippen LogP contribution < -0.4 is 21.1 Å². The molecule has 9 nitrogen and oxygen atoms in total. The van der Waals surface area contributed by atoms with Crippen molar-refractivity contribution in [3.05, 3.63) is 23.9 Å². The van der Waals surface area contributed by atoms with E-state index in [4.69, 9.17) is 4.74 Å². The molecule has 1 aromatic heterocycles. The lowest BCUT2D eigenvalue weighted by Gasteiger charge is -2.36. The fraction of sp³-hybridized carbons (Fsp3) is 0.682.